The lowest BCUT2D eigenvalue weighted by atomic mass is 10.1. The number of aromatic hydroxyl groups is 1. The maximum absolute atomic E-state index is 13.5. The normalized spacial score (nSPS) is 12.0. The van der Waals surface area contributed by atoms with Gasteiger partial charge in [-0.05, 0) is 29.8 Å². The van der Waals surface area contributed by atoms with Crippen LogP contribution < -0.4 is 5.32 Å². The first-order valence-electron chi connectivity index (χ1n) is 7.19. The number of rotatable bonds is 6. The van der Waals surface area contributed by atoms with Crippen molar-refractivity contribution in [2.45, 2.75) is 12.5 Å². The van der Waals surface area contributed by atoms with E-state index in [2.05, 4.69) is 5.32 Å². The first-order chi connectivity index (χ1) is 11.5. The number of halogens is 1. The van der Waals surface area contributed by atoms with Gasteiger partial charge >= 0.3 is 5.97 Å². The molecule has 0 aliphatic rings. The largest absolute Gasteiger partial charge is 0.508 e. The highest BCUT2D eigenvalue weighted by atomic mass is 19.1. The quantitative estimate of drug-likeness (QED) is 0.710. The molecule has 0 aromatic heterocycles. The molecule has 0 fully saturated rings. The lowest BCUT2D eigenvalue weighted by Crippen LogP contribution is -2.41. The van der Waals surface area contributed by atoms with Gasteiger partial charge in [0.25, 0.3) is 0 Å². The molecule has 24 heavy (non-hydrogen) atoms. The molecule has 0 heterocycles. The summed E-state index contributed by atoms with van der Waals surface area (Å²) in [5, 5.41) is 20.8. The van der Waals surface area contributed by atoms with E-state index in [4.69, 9.17) is 0 Å². The van der Waals surface area contributed by atoms with Gasteiger partial charge in [-0.15, -0.1) is 0 Å². The van der Waals surface area contributed by atoms with E-state index in [9.17, 15) is 24.2 Å². The summed E-state index contributed by atoms with van der Waals surface area (Å²) in [6, 6.07) is 10.8. The number of phenols is 1. The van der Waals surface area contributed by atoms with Crippen LogP contribution in [0.3, 0.4) is 0 Å². The average Bonchev–Trinajstić information content (AvgIpc) is 2.55. The van der Waals surface area contributed by atoms with E-state index in [0.717, 1.165) is 6.08 Å². The van der Waals surface area contributed by atoms with Gasteiger partial charge in [-0.3, -0.25) is 4.79 Å². The minimum absolute atomic E-state index is 0.0644. The second-order valence-electron chi connectivity index (χ2n) is 5.12. The van der Waals surface area contributed by atoms with Crippen LogP contribution in [0.2, 0.25) is 0 Å². The zero-order valence-corrected chi connectivity index (χ0v) is 12.6. The Hall–Kier alpha value is -3.15. The molecule has 1 amide bonds. The standard InChI is InChI=1S/C18H16FNO4/c19-15-4-2-1-3-13(15)7-10-17(22)20-16(18(23)24)11-12-5-8-14(21)9-6-12/h1-10,16,21H,11H2,(H,20,22)(H,23,24)/t16-/m0/s1. The number of carbonyl (C=O) groups is 2. The zero-order chi connectivity index (χ0) is 17.5. The number of aliphatic carboxylic acids is 1. The van der Waals surface area contributed by atoms with E-state index >= 15 is 0 Å². The van der Waals surface area contributed by atoms with E-state index in [-0.39, 0.29) is 17.7 Å². The third-order valence-electron chi connectivity index (χ3n) is 3.31. The summed E-state index contributed by atoms with van der Waals surface area (Å²) in [7, 11) is 0. The van der Waals surface area contributed by atoms with Crippen LogP contribution in [0.25, 0.3) is 6.08 Å². The van der Waals surface area contributed by atoms with Gasteiger partial charge in [-0.25, -0.2) is 9.18 Å². The molecular formula is C18H16FNO4. The molecule has 2 aromatic carbocycles. The summed E-state index contributed by atoms with van der Waals surface area (Å²) in [5.74, 6) is -2.22. The zero-order valence-electron chi connectivity index (χ0n) is 12.6. The summed E-state index contributed by atoms with van der Waals surface area (Å²) >= 11 is 0. The number of carbonyl (C=O) groups excluding carboxylic acids is 1. The van der Waals surface area contributed by atoms with Crippen molar-refractivity contribution in [3.8, 4) is 5.75 Å². The summed E-state index contributed by atoms with van der Waals surface area (Å²) in [6.45, 7) is 0. The van der Waals surface area contributed by atoms with Crippen molar-refractivity contribution < 1.29 is 24.2 Å². The molecule has 2 aromatic rings. The number of phenolic OH excluding ortho intramolecular Hbond substituents is 1. The molecule has 2 rings (SSSR count). The van der Waals surface area contributed by atoms with Crippen molar-refractivity contribution in [3.05, 3.63) is 71.6 Å². The monoisotopic (exact) mass is 329 g/mol. The van der Waals surface area contributed by atoms with E-state index in [1.165, 1.54) is 36.4 Å². The first-order valence-corrected chi connectivity index (χ1v) is 7.19. The molecule has 0 unspecified atom stereocenters. The smallest absolute Gasteiger partial charge is 0.326 e. The van der Waals surface area contributed by atoms with Crippen LogP contribution in [-0.4, -0.2) is 28.1 Å². The third-order valence-corrected chi connectivity index (χ3v) is 3.31. The molecule has 3 N–H and O–H groups in total. The van der Waals surface area contributed by atoms with Gasteiger partial charge in [0, 0.05) is 18.1 Å². The Kier molecular flexibility index (Phi) is 5.68. The second-order valence-corrected chi connectivity index (χ2v) is 5.12. The van der Waals surface area contributed by atoms with Crippen molar-refractivity contribution in [1.82, 2.24) is 5.32 Å². The number of carboxylic acids is 1. The van der Waals surface area contributed by atoms with E-state index in [1.54, 1.807) is 18.2 Å². The Balaban J connectivity index is 2.02. The number of hydrogen-bond acceptors (Lipinski definition) is 3. The van der Waals surface area contributed by atoms with Crippen LogP contribution in [-0.2, 0) is 16.0 Å². The second kappa shape index (κ2) is 7.92. The van der Waals surface area contributed by atoms with Gasteiger partial charge in [0.1, 0.15) is 17.6 Å². The third kappa shape index (κ3) is 4.95. The van der Waals surface area contributed by atoms with Crippen LogP contribution in [0, 0.1) is 5.82 Å². The van der Waals surface area contributed by atoms with Crippen molar-refractivity contribution >= 4 is 18.0 Å². The highest BCUT2D eigenvalue weighted by Gasteiger charge is 2.19. The lowest BCUT2D eigenvalue weighted by molar-refractivity contribution is -0.141. The summed E-state index contributed by atoms with van der Waals surface area (Å²) in [5.41, 5.74) is 0.886. The van der Waals surface area contributed by atoms with Crippen molar-refractivity contribution in [2.75, 3.05) is 0 Å². The molecule has 0 aliphatic heterocycles. The predicted octanol–water partition coefficient (Wildman–Crippen LogP) is 2.36. The molecular weight excluding hydrogens is 313 g/mol. The maximum Gasteiger partial charge on any atom is 0.326 e. The number of benzene rings is 2. The van der Waals surface area contributed by atoms with Gasteiger partial charge in [-0.2, -0.15) is 0 Å². The van der Waals surface area contributed by atoms with Crippen LogP contribution in [0.15, 0.2) is 54.6 Å². The van der Waals surface area contributed by atoms with E-state index in [1.807, 2.05) is 0 Å². The van der Waals surface area contributed by atoms with Crippen LogP contribution in [0.5, 0.6) is 5.75 Å². The molecule has 0 saturated carbocycles. The fourth-order valence-electron chi connectivity index (χ4n) is 2.06. The molecule has 124 valence electrons. The van der Waals surface area contributed by atoms with Crippen molar-refractivity contribution in [3.63, 3.8) is 0 Å². The summed E-state index contributed by atoms with van der Waals surface area (Å²) in [6.07, 6.45) is 2.43. The SMILES string of the molecule is O=C(C=Cc1ccccc1F)N[C@@H](Cc1ccc(O)cc1)C(=O)O. The topological polar surface area (TPSA) is 86.6 Å². The van der Waals surface area contributed by atoms with Gasteiger partial charge in [-0.1, -0.05) is 30.3 Å². The number of nitrogens with one attached hydrogen (secondary N) is 1. The highest BCUT2D eigenvalue weighted by molar-refractivity contribution is 5.94. The van der Waals surface area contributed by atoms with Crippen molar-refractivity contribution in [1.29, 1.82) is 0 Å². The molecule has 0 bridgehead atoms. The van der Waals surface area contributed by atoms with E-state index in [0.29, 0.717) is 5.56 Å². The maximum atomic E-state index is 13.5. The Morgan fingerprint density at radius 2 is 1.79 bits per heavy atom. The highest BCUT2D eigenvalue weighted by Crippen LogP contribution is 2.12. The molecule has 0 spiro atoms. The van der Waals surface area contributed by atoms with Gasteiger partial charge < -0.3 is 15.5 Å². The molecule has 0 saturated heterocycles. The average molecular weight is 329 g/mol. The Morgan fingerprint density at radius 1 is 1.12 bits per heavy atom. The molecule has 1 atom stereocenters. The van der Waals surface area contributed by atoms with Crippen LogP contribution in [0.1, 0.15) is 11.1 Å². The predicted molar refractivity (Wildman–Crippen MR) is 86.8 cm³/mol. The molecule has 6 heteroatoms. The van der Waals surface area contributed by atoms with Crippen LogP contribution in [0.4, 0.5) is 4.39 Å². The minimum Gasteiger partial charge on any atom is -0.508 e. The van der Waals surface area contributed by atoms with Gasteiger partial charge in [0.05, 0.1) is 0 Å². The minimum atomic E-state index is -1.18. The van der Waals surface area contributed by atoms with Crippen LogP contribution >= 0.6 is 0 Å². The fraction of sp³-hybridized carbons (Fsp3) is 0.111. The van der Waals surface area contributed by atoms with E-state index < -0.39 is 23.7 Å². The number of carboxylic acid groups (broad SMARTS) is 1. The Bertz CT molecular complexity index is 756. The number of hydrogen-bond donors (Lipinski definition) is 3. The summed E-state index contributed by atoms with van der Waals surface area (Å²) in [4.78, 5) is 23.1. The molecule has 5 nitrogen and oxygen atoms in total. The first kappa shape index (κ1) is 17.2. The lowest BCUT2D eigenvalue weighted by Gasteiger charge is -2.13. The Labute approximate surface area is 138 Å². The van der Waals surface area contributed by atoms with Gasteiger partial charge in [0.15, 0.2) is 0 Å². The van der Waals surface area contributed by atoms with Gasteiger partial charge in [0.2, 0.25) is 5.91 Å². The Morgan fingerprint density at radius 3 is 2.42 bits per heavy atom. The molecule has 0 aliphatic carbocycles. The number of amides is 1. The van der Waals surface area contributed by atoms with Crippen molar-refractivity contribution in [2.24, 2.45) is 0 Å². The fourth-order valence-corrected chi connectivity index (χ4v) is 2.06. The molecule has 0 radical (unpaired) electrons. The summed E-state index contributed by atoms with van der Waals surface area (Å²) < 4.78 is 13.5.